The van der Waals surface area contributed by atoms with Gasteiger partial charge in [-0.3, -0.25) is 34.6 Å². The van der Waals surface area contributed by atoms with Gasteiger partial charge in [0.05, 0.1) is 7.11 Å². The Hall–Kier alpha value is -4.38. The van der Waals surface area contributed by atoms with Crippen molar-refractivity contribution in [1.29, 1.82) is 0 Å². The summed E-state index contributed by atoms with van der Waals surface area (Å²) in [5.74, 6) is -4.84. The predicted molar refractivity (Wildman–Crippen MR) is 156 cm³/mol. The van der Waals surface area contributed by atoms with E-state index in [0.29, 0.717) is 16.7 Å². The third kappa shape index (κ3) is 5.69. The SMILES string of the molecule is COC(=O)C(N)(C(C)C)N1C(=O)CCC(N2Cc3c(CNC(=O)C(=O)c4ccc(C(C)(C)C)cc4)cccc3C2=O)C1=O. The second-order valence-electron chi connectivity index (χ2n) is 12.3. The second-order valence-corrected chi connectivity index (χ2v) is 12.3. The van der Waals surface area contributed by atoms with Crippen molar-refractivity contribution in [2.24, 2.45) is 11.7 Å². The summed E-state index contributed by atoms with van der Waals surface area (Å²) in [4.78, 5) is 80.4. The maximum atomic E-state index is 13.7. The Bertz CT molecular complexity index is 1490. The van der Waals surface area contributed by atoms with Gasteiger partial charge in [-0.25, -0.2) is 4.79 Å². The number of piperidine rings is 1. The highest BCUT2D eigenvalue weighted by Crippen LogP contribution is 2.34. The molecule has 228 valence electrons. The van der Waals surface area contributed by atoms with Gasteiger partial charge >= 0.3 is 5.97 Å². The lowest BCUT2D eigenvalue weighted by atomic mass is 9.86. The Morgan fingerprint density at radius 1 is 1.05 bits per heavy atom. The van der Waals surface area contributed by atoms with Crippen molar-refractivity contribution in [3.8, 4) is 0 Å². The molecule has 0 radical (unpaired) electrons. The summed E-state index contributed by atoms with van der Waals surface area (Å²) in [7, 11) is 1.12. The third-order valence-electron chi connectivity index (χ3n) is 8.28. The van der Waals surface area contributed by atoms with Crippen molar-refractivity contribution < 1.29 is 33.5 Å². The van der Waals surface area contributed by atoms with E-state index in [9.17, 15) is 28.8 Å². The number of carbonyl (C=O) groups is 6. The van der Waals surface area contributed by atoms with Crippen molar-refractivity contribution in [3.63, 3.8) is 0 Å². The molecule has 43 heavy (non-hydrogen) atoms. The highest BCUT2D eigenvalue weighted by atomic mass is 16.5. The number of nitrogens with two attached hydrogens (primary N) is 1. The molecule has 0 saturated carbocycles. The van der Waals surface area contributed by atoms with E-state index in [4.69, 9.17) is 10.5 Å². The number of nitrogens with zero attached hydrogens (tertiary/aromatic N) is 2. The van der Waals surface area contributed by atoms with Gasteiger partial charge in [-0.05, 0) is 34.6 Å². The maximum absolute atomic E-state index is 13.7. The van der Waals surface area contributed by atoms with Crippen LogP contribution < -0.4 is 11.1 Å². The smallest absolute Gasteiger partial charge is 0.347 e. The largest absolute Gasteiger partial charge is 0.466 e. The number of ether oxygens (including phenoxy) is 1. The topological polar surface area (TPSA) is 156 Å². The average Bonchev–Trinajstić information content (AvgIpc) is 3.30. The molecule has 4 amide bonds. The van der Waals surface area contributed by atoms with Gasteiger partial charge in [0, 0.05) is 36.6 Å². The number of amides is 4. The first-order valence-electron chi connectivity index (χ1n) is 14.2. The van der Waals surface area contributed by atoms with Crippen LogP contribution in [0.4, 0.5) is 0 Å². The number of benzene rings is 2. The number of carbonyl (C=O) groups excluding carboxylic acids is 6. The first-order chi connectivity index (χ1) is 20.1. The van der Waals surface area contributed by atoms with Gasteiger partial charge in [0.25, 0.3) is 17.7 Å². The van der Waals surface area contributed by atoms with Crippen LogP contribution in [0, 0.1) is 5.92 Å². The van der Waals surface area contributed by atoms with Gasteiger partial charge < -0.3 is 15.0 Å². The van der Waals surface area contributed by atoms with Gasteiger partial charge in [0.15, 0.2) is 5.66 Å². The van der Waals surface area contributed by atoms with Crippen LogP contribution in [0.25, 0.3) is 0 Å². The fraction of sp³-hybridized carbons (Fsp3) is 0.438. The van der Waals surface area contributed by atoms with Crippen LogP contribution in [-0.2, 0) is 42.4 Å². The van der Waals surface area contributed by atoms with Gasteiger partial charge in [-0.15, -0.1) is 0 Å². The molecule has 2 aliphatic heterocycles. The normalized spacial score (nSPS) is 18.4. The first-order valence-corrected chi connectivity index (χ1v) is 14.2. The number of esters is 1. The molecule has 2 aliphatic rings. The zero-order chi connectivity index (χ0) is 31.9. The van der Waals surface area contributed by atoms with Crippen LogP contribution in [-0.4, -0.2) is 64.0 Å². The number of imide groups is 1. The van der Waals surface area contributed by atoms with Crippen LogP contribution in [0.1, 0.15) is 84.9 Å². The fourth-order valence-corrected chi connectivity index (χ4v) is 5.54. The molecule has 4 rings (SSSR count). The summed E-state index contributed by atoms with van der Waals surface area (Å²) in [6.07, 6.45) is -0.0290. The molecule has 1 saturated heterocycles. The standard InChI is InChI=1S/C32H38N4O7/c1-18(2)32(33,30(42)43-6)36-25(37)15-14-24(29(36)41)35-17-23-20(8-7-9-22(23)28(35)40)16-34-27(39)26(38)19-10-12-21(13-11-19)31(3,4)5/h7-13,18,24H,14-17,33H2,1-6H3,(H,34,39). The minimum absolute atomic E-state index is 0.0141. The molecule has 0 aromatic heterocycles. The zero-order valence-electron chi connectivity index (χ0n) is 25.4. The van der Waals surface area contributed by atoms with Gasteiger partial charge in [-0.1, -0.05) is 71.0 Å². The summed E-state index contributed by atoms with van der Waals surface area (Å²) in [5, 5.41) is 2.65. The van der Waals surface area contributed by atoms with Crippen LogP contribution in [0.5, 0.6) is 0 Å². The van der Waals surface area contributed by atoms with Crippen LogP contribution in [0.3, 0.4) is 0 Å². The predicted octanol–water partition coefficient (Wildman–Crippen LogP) is 2.44. The number of methoxy groups -OCH3 is 1. The molecular weight excluding hydrogens is 552 g/mol. The molecule has 2 aromatic rings. The molecule has 0 aliphatic carbocycles. The van der Waals surface area contributed by atoms with E-state index in [1.165, 1.54) is 4.90 Å². The zero-order valence-corrected chi connectivity index (χ0v) is 25.4. The Morgan fingerprint density at radius 3 is 2.28 bits per heavy atom. The van der Waals surface area contributed by atoms with E-state index >= 15 is 0 Å². The minimum Gasteiger partial charge on any atom is -0.466 e. The van der Waals surface area contributed by atoms with E-state index < -0.39 is 53.0 Å². The lowest BCUT2D eigenvalue weighted by Gasteiger charge is -2.44. The molecule has 0 spiro atoms. The molecule has 1 fully saturated rings. The van der Waals surface area contributed by atoms with Crippen molar-refractivity contribution in [3.05, 3.63) is 70.3 Å². The van der Waals surface area contributed by atoms with E-state index in [0.717, 1.165) is 17.6 Å². The molecule has 2 unspecified atom stereocenters. The number of hydrogen-bond donors (Lipinski definition) is 2. The Balaban J connectivity index is 1.51. The molecule has 11 nitrogen and oxygen atoms in total. The highest BCUT2D eigenvalue weighted by Gasteiger charge is 2.55. The third-order valence-corrected chi connectivity index (χ3v) is 8.28. The second kappa shape index (κ2) is 11.7. The monoisotopic (exact) mass is 590 g/mol. The molecule has 2 heterocycles. The fourth-order valence-electron chi connectivity index (χ4n) is 5.54. The number of nitrogens with one attached hydrogen (secondary N) is 1. The van der Waals surface area contributed by atoms with E-state index in [1.54, 1.807) is 44.2 Å². The van der Waals surface area contributed by atoms with Crippen LogP contribution in [0.15, 0.2) is 42.5 Å². The summed E-state index contributed by atoms with van der Waals surface area (Å²) in [6, 6.07) is 10.9. The van der Waals surface area contributed by atoms with Crippen LogP contribution in [0.2, 0.25) is 0 Å². The molecule has 2 atom stereocenters. The maximum Gasteiger partial charge on any atom is 0.347 e. The summed E-state index contributed by atoms with van der Waals surface area (Å²) < 4.78 is 4.84. The van der Waals surface area contributed by atoms with Gasteiger partial charge in [0.1, 0.15) is 6.04 Å². The van der Waals surface area contributed by atoms with Crippen molar-refractivity contribution in [2.75, 3.05) is 7.11 Å². The number of hydrogen-bond acceptors (Lipinski definition) is 8. The molecular formula is C32H38N4O7. The van der Waals surface area contributed by atoms with E-state index in [-0.39, 0.29) is 36.9 Å². The Morgan fingerprint density at radius 2 is 1.70 bits per heavy atom. The quantitative estimate of drug-likeness (QED) is 0.206. The number of likely N-dealkylation sites (tertiary alicyclic amines) is 1. The lowest BCUT2D eigenvalue weighted by Crippen LogP contribution is -2.72. The number of fused-ring (bicyclic) bond motifs is 1. The highest BCUT2D eigenvalue weighted by molar-refractivity contribution is 6.42. The number of Topliss-reactive ketones (excluding diaryl/α,β-unsaturated/α-hetero) is 1. The van der Waals surface area contributed by atoms with Crippen molar-refractivity contribution in [2.45, 2.75) is 77.7 Å². The Labute approximate surface area is 250 Å². The van der Waals surface area contributed by atoms with Crippen molar-refractivity contribution in [1.82, 2.24) is 15.1 Å². The minimum atomic E-state index is -2.04. The van der Waals surface area contributed by atoms with E-state index in [1.807, 2.05) is 12.1 Å². The molecule has 11 heteroatoms. The molecule has 3 N–H and O–H groups in total. The summed E-state index contributed by atoms with van der Waals surface area (Å²) >= 11 is 0. The summed E-state index contributed by atoms with van der Waals surface area (Å²) in [6.45, 7) is 9.39. The molecule has 2 aromatic carbocycles. The van der Waals surface area contributed by atoms with Gasteiger partial charge in [0.2, 0.25) is 11.7 Å². The average molecular weight is 591 g/mol. The summed E-state index contributed by atoms with van der Waals surface area (Å²) in [5.41, 5.74) is 7.09. The van der Waals surface area contributed by atoms with Crippen molar-refractivity contribution >= 4 is 35.4 Å². The number of rotatable bonds is 8. The van der Waals surface area contributed by atoms with Gasteiger partial charge in [-0.2, -0.15) is 0 Å². The first kappa shape index (κ1) is 31.6. The van der Waals surface area contributed by atoms with Crippen LogP contribution >= 0.6 is 0 Å². The molecule has 0 bridgehead atoms. The number of ketones is 1. The Kier molecular flexibility index (Phi) is 8.60. The lowest BCUT2D eigenvalue weighted by molar-refractivity contribution is -0.176. The van der Waals surface area contributed by atoms with E-state index in [2.05, 4.69) is 26.1 Å².